The van der Waals surface area contributed by atoms with Crippen molar-refractivity contribution in [1.29, 1.82) is 0 Å². The van der Waals surface area contributed by atoms with Gasteiger partial charge >= 0.3 is 0 Å². The molecule has 3 unspecified atom stereocenters. The number of para-hydroxylation sites is 1. The van der Waals surface area contributed by atoms with Crippen molar-refractivity contribution in [2.24, 2.45) is 0 Å². The first-order valence-electron chi connectivity index (χ1n) is 6.18. The molecule has 0 radical (unpaired) electrons. The molecular weight excluding hydrogens is 248 g/mol. The SMILES string of the molecule is CONC(CC(C)Oc1ccccc1)C(C)[N+](=O)[O-]. The highest BCUT2D eigenvalue weighted by molar-refractivity contribution is 5.21. The van der Waals surface area contributed by atoms with Crippen LogP contribution in [0.2, 0.25) is 0 Å². The van der Waals surface area contributed by atoms with Crippen molar-refractivity contribution >= 4 is 0 Å². The summed E-state index contributed by atoms with van der Waals surface area (Å²) in [6.45, 7) is 3.43. The van der Waals surface area contributed by atoms with Crippen molar-refractivity contribution in [2.45, 2.75) is 38.5 Å². The molecule has 0 amide bonds. The van der Waals surface area contributed by atoms with Gasteiger partial charge in [-0.2, -0.15) is 5.48 Å². The molecule has 0 spiro atoms. The molecule has 0 saturated carbocycles. The molecule has 19 heavy (non-hydrogen) atoms. The Bertz CT molecular complexity index is 385. The van der Waals surface area contributed by atoms with Crippen LogP contribution in [0.15, 0.2) is 30.3 Å². The molecular formula is C13H20N2O4. The lowest BCUT2D eigenvalue weighted by molar-refractivity contribution is -0.524. The van der Waals surface area contributed by atoms with Gasteiger partial charge in [0.15, 0.2) is 0 Å². The first-order valence-corrected chi connectivity index (χ1v) is 6.18. The van der Waals surface area contributed by atoms with Crippen molar-refractivity contribution in [3.8, 4) is 5.75 Å². The molecule has 0 fully saturated rings. The van der Waals surface area contributed by atoms with Crippen LogP contribution in [0.25, 0.3) is 0 Å². The molecule has 1 rings (SSSR count). The van der Waals surface area contributed by atoms with Crippen molar-refractivity contribution in [1.82, 2.24) is 5.48 Å². The summed E-state index contributed by atoms with van der Waals surface area (Å²) in [5.41, 5.74) is 2.66. The highest BCUT2D eigenvalue weighted by Gasteiger charge is 2.28. The Morgan fingerprint density at radius 1 is 1.32 bits per heavy atom. The van der Waals surface area contributed by atoms with Gasteiger partial charge in [0, 0.05) is 18.3 Å². The molecule has 0 heterocycles. The number of nitrogens with zero attached hydrogens (tertiary/aromatic N) is 1. The Hall–Kier alpha value is -1.66. The summed E-state index contributed by atoms with van der Waals surface area (Å²) < 4.78 is 5.70. The predicted octanol–water partition coefficient (Wildman–Crippen LogP) is 2.03. The van der Waals surface area contributed by atoms with Crippen LogP contribution in [0, 0.1) is 10.1 Å². The van der Waals surface area contributed by atoms with Gasteiger partial charge in [-0.15, -0.1) is 0 Å². The molecule has 0 bridgehead atoms. The lowest BCUT2D eigenvalue weighted by atomic mass is 10.0. The van der Waals surface area contributed by atoms with Crippen LogP contribution < -0.4 is 10.2 Å². The van der Waals surface area contributed by atoms with Crippen LogP contribution in [-0.4, -0.2) is 30.2 Å². The second-order valence-electron chi connectivity index (χ2n) is 4.43. The van der Waals surface area contributed by atoms with E-state index in [0.29, 0.717) is 6.42 Å². The standard InChI is InChI=1S/C13H20N2O4/c1-10(19-12-7-5-4-6-8-12)9-13(14-18-3)11(2)15(16)17/h4-8,10-11,13-14H,9H2,1-3H3. The van der Waals surface area contributed by atoms with E-state index in [1.807, 2.05) is 37.3 Å². The Morgan fingerprint density at radius 3 is 2.47 bits per heavy atom. The zero-order valence-corrected chi connectivity index (χ0v) is 11.4. The number of hydrogen-bond acceptors (Lipinski definition) is 5. The smallest absolute Gasteiger partial charge is 0.227 e. The summed E-state index contributed by atoms with van der Waals surface area (Å²) in [5, 5.41) is 10.8. The summed E-state index contributed by atoms with van der Waals surface area (Å²) in [6.07, 6.45) is 0.322. The van der Waals surface area contributed by atoms with E-state index in [0.717, 1.165) is 5.75 Å². The van der Waals surface area contributed by atoms with Gasteiger partial charge in [0.1, 0.15) is 11.8 Å². The maximum Gasteiger partial charge on any atom is 0.227 e. The molecule has 1 aromatic carbocycles. The minimum Gasteiger partial charge on any atom is -0.491 e. The minimum absolute atomic E-state index is 0.155. The van der Waals surface area contributed by atoms with E-state index in [1.54, 1.807) is 6.92 Å². The zero-order valence-electron chi connectivity index (χ0n) is 11.4. The summed E-state index contributed by atoms with van der Waals surface area (Å²) in [5.74, 6) is 0.750. The van der Waals surface area contributed by atoms with E-state index in [4.69, 9.17) is 9.57 Å². The number of ether oxygens (including phenoxy) is 1. The monoisotopic (exact) mass is 268 g/mol. The predicted molar refractivity (Wildman–Crippen MR) is 71.5 cm³/mol. The topological polar surface area (TPSA) is 73.6 Å². The Balaban J connectivity index is 2.56. The number of hydrogen-bond donors (Lipinski definition) is 1. The lowest BCUT2D eigenvalue weighted by Gasteiger charge is -2.22. The van der Waals surface area contributed by atoms with Gasteiger partial charge in [0.05, 0.1) is 13.2 Å². The highest BCUT2D eigenvalue weighted by Crippen LogP contribution is 2.15. The second-order valence-corrected chi connectivity index (χ2v) is 4.43. The van der Waals surface area contributed by atoms with E-state index in [1.165, 1.54) is 7.11 Å². The van der Waals surface area contributed by atoms with Crippen molar-refractivity contribution < 1.29 is 14.5 Å². The normalized spacial score (nSPS) is 15.5. The minimum atomic E-state index is -0.748. The van der Waals surface area contributed by atoms with Crippen LogP contribution in [-0.2, 0) is 4.84 Å². The quantitative estimate of drug-likeness (QED) is 0.577. The number of rotatable bonds is 8. The Morgan fingerprint density at radius 2 is 1.95 bits per heavy atom. The van der Waals surface area contributed by atoms with E-state index in [9.17, 15) is 10.1 Å². The van der Waals surface area contributed by atoms with Crippen LogP contribution in [0.5, 0.6) is 5.75 Å². The van der Waals surface area contributed by atoms with Crippen molar-refractivity contribution in [3.63, 3.8) is 0 Å². The molecule has 0 aromatic heterocycles. The van der Waals surface area contributed by atoms with Gasteiger partial charge in [-0.05, 0) is 19.1 Å². The highest BCUT2D eigenvalue weighted by atomic mass is 16.6. The first-order chi connectivity index (χ1) is 9.04. The zero-order chi connectivity index (χ0) is 14.3. The average molecular weight is 268 g/mol. The molecule has 0 saturated heterocycles. The fourth-order valence-electron chi connectivity index (χ4n) is 1.78. The molecule has 0 aliphatic heterocycles. The molecule has 0 aliphatic carbocycles. The van der Waals surface area contributed by atoms with Gasteiger partial charge in [-0.25, -0.2) is 0 Å². The third-order valence-corrected chi connectivity index (χ3v) is 2.85. The molecule has 3 atom stereocenters. The maximum absolute atomic E-state index is 10.8. The summed E-state index contributed by atoms with van der Waals surface area (Å²) in [6, 6.07) is 8.22. The Kier molecular flexibility index (Phi) is 6.24. The van der Waals surface area contributed by atoms with Gasteiger partial charge in [-0.1, -0.05) is 18.2 Å². The fourth-order valence-corrected chi connectivity index (χ4v) is 1.78. The van der Waals surface area contributed by atoms with E-state index >= 15 is 0 Å². The van der Waals surface area contributed by atoms with Gasteiger partial charge in [-0.3, -0.25) is 10.1 Å². The summed E-state index contributed by atoms with van der Waals surface area (Å²) in [4.78, 5) is 15.3. The maximum atomic E-state index is 10.8. The fraction of sp³-hybridized carbons (Fsp3) is 0.538. The Labute approximate surface area is 112 Å². The molecule has 6 nitrogen and oxygen atoms in total. The number of hydroxylamine groups is 1. The van der Waals surface area contributed by atoms with Gasteiger partial charge in [0.25, 0.3) is 0 Å². The second kappa shape index (κ2) is 7.70. The van der Waals surface area contributed by atoms with Crippen LogP contribution in [0.3, 0.4) is 0 Å². The number of benzene rings is 1. The van der Waals surface area contributed by atoms with Gasteiger partial charge in [0.2, 0.25) is 6.04 Å². The van der Waals surface area contributed by atoms with Crippen LogP contribution in [0.1, 0.15) is 20.3 Å². The summed E-state index contributed by atoms with van der Waals surface area (Å²) >= 11 is 0. The van der Waals surface area contributed by atoms with E-state index < -0.39 is 12.1 Å². The largest absolute Gasteiger partial charge is 0.491 e. The van der Waals surface area contributed by atoms with Crippen LogP contribution in [0.4, 0.5) is 0 Å². The number of nitro groups is 1. The average Bonchev–Trinajstić information content (AvgIpc) is 2.38. The molecule has 0 aliphatic rings. The van der Waals surface area contributed by atoms with E-state index in [-0.39, 0.29) is 11.0 Å². The number of nitrogens with one attached hydrogen (secondary N) is 1. The van der Waals surface area contributed by atoms with Crippen molar-refractivity contribution in [3.05, 3.63) is 40.4 Å². The third kappa shape index (κ3) is 5.23. The molecule has 1 N–H and O–H groups in total. The molecule has 106 valence electrons. The van der Waals surface area contributed by atoms with Crippen LogP contribution >= 0.6 is 0 Å². The van der Waals surface area contributed by atoms with Crippen molar-refractivity contribution in [2.75, 3.05) is 7.11 Å². The summed E-state index contributed by atoms with van der Waals surface area (Å²) in [7, 11) is 1.45. The third-order valence-electron chi connectivity index (χ3n) is 2.85. The first kappa shape index (κ1) is 15.4. The molecule has 6 heteroatoms. The van der Waals surface area contributed by atoms with Gasteiger partial charge < -0.3 is 9.57 Å². The van der Waals surface area contributed by atoms with E-state index in [2.05, 4.69) is 5.48 Å². The molecule has 1 aromatic rings. The lowest BCUT2D eigenvalue weighted by Crippen LogP contribution is -2.44.